The minimum atomic E-state index is -0.859. The van der Waals surface area contributed by atoms with Gasteiger partial charge in [-0.2, -0.15) is 0 Å². The second-order valence-corrected chi connectivity index (χ2v) is 4.62. The predicted molar refractivity (Wildman–Crippen MR) is 70.7 cm³/mol. The Labute approximate surface area is 108 Å². The Morgan fingerprint density at radius 1 is 1.33 bits per heavy atom. The molecule has 1 rings (SSSR count). The summed E-state index contributed by atoms with van der Waals surface area (Å²) in [5, 5.41) is 22.3. The van der Waals surface area contributed by atoms with Crippen LogP contribution in [0.1, 0.15) is 42.6 Å². The van der Waals surface area contributed by atoms with E-state index in [0.29, 0.717) is 18.4 Å². The van der Waals surface area contributed by atoms with Crippen molar-refractivity contribution in [1.29, 1.82) is 0 Å². The molecule has 0 heterocycles. The average molecular weight is 251 g/mol. The smallest absolute Gasteiger partial charge is 0.251 e. The van der Waals surface area contributed by atoms with Crippen LogP contribution in [0, 0.1) is 6.92 Å². The fourth-order valence-corrected chi connectivity index (χ4v) is 1.60. The number of hydrogen-bond donors (Lipinski definition) is 3. The van der Waals surface area contributed by atoms with E-state index in [1.807, 2.05) is 13.8 Å². The van der Waals surface area contributed by atoms with Crippen LogP contribution >= 0.6 is 0 Å². The highest BCUT2D eigenvalue weighted by molar-refractivity contribution is 5.94. The number of aromatic hydroxyl groups is 1. The summed E-state index contributed by atoms with van der Waals surface area (Å²) in [5.74, 6) is -0.186. The molecule has 3 N–H and O–H groups in total. The summed E-state index contributed by atoms with van der Waals surface area (Å²) in [6.07, 6.45) is 1.17. The number of phenolic OH excluding ortho intramolecular Hbond substituents is 1. The Bertz CT molecular complexity index is 425. The van der Waals surface area contributed by atoms with Crippen LogP contribution in [0.4, 0.5) is 0 Å². The Balaban J connectivity index is 2.68. The zero-order chi connectivity index (χ0) is 13.8. The van der Waals surface area contributed by atoms with Gasteiger partial charge in [0.1, 0.15) is 5.75 Å². The third kappa shape index (κ3) is 3.47. The van der Waals surface area contributed by atoms with Crippen LogP contribution in [-0.4, -0.2) is 28.3 Å². The van der Waals surface area contributed by atoms with Crippen molar-refractivity contribution in [2.45, 2.75) is 39.2 Å². The predicted octanol–water partition coefficient (Wildman–Crippen LogP) is 1.98. The second-order valence-electron chi connectivity index (χ2n) is 4.62. The molecule has 1 amide bonds. The molecule has 1 aromatic carbocycles. The van der Waals surface area contributed by atoms with Gasteiger partial charge in [0.15, 0.2) is 0 Å². The van der Waals surface area contributed by atoms with Gasteiger partial charge in [-0.15, -0.1) is 0 Å². The SMILES string of the molecule is CCC(O)(CC)CNC(=O)c1ccc(C)c(O)c1. The van der Waals surface area contributed by atoms with Gasteiger partial charge < -0.3 is 15.5 Å². The van der Waals surface area contributed by atoms with Gasteiger partial charge >= 0.3 is 0 Å². The normalized spacial score (nSPS) is 11.3. The van der Waals surface area contributed by atoms with Crippen molar-refractivity contribution in [3.05, 3.63) is 29.3 Å². The van der Waals surface area contributed by atoms with Gasteiger partial charge in [0, 0.05) is 12.1 Å². The first-order valence-electron chi connectivity index (χ1n) is 6.22. The minimum absolute atomic E-state index is 0.101. The number of aryl methyl sites for hydroxylation is 1. The molecule has 1 aromatic rings. The van der Waals surface area contributed by atoms with Crippen molar-refractivity contribution in [1.82, 2.24) is 5.32 Å². The first-order chi connectivity index (χ1) is 8.41. The van der Waals surface area contributed by atoms with Gasteiger partial charge in [-0.05, 0) is 37.5 Å². The van der Waals surface area contributed by atoms with Crippen LogP contribution in [-0.2, 0) is 0 Å². The summed E-state index contributed by atoms with van der Waals surface area (Å²) in [6.45, 7) is 5.75. The number of aliphatic hydroxyl groups is 1. The van der Waals surface area contributed by atoms with E-state index in [1.165, 1.54) is 6.07 Å². The van der Waals surface area contributed by atoms with Crippen molar-refractivity contribution in [2.24, 2.45) is 0 Å². The molecule has 4 nitrogen and oxygen atoms in total. The lowest BCUT2D eigenvalue weighted by atomic mass is 9.97. The average Bonchev–Trinajstić information content (AvgIpc) is 2.38. The highest BCUT2D eigenvalue weighted by atomic mass is 16.3. The molecule has 0 saturated heterocycles. The maximum Gasteiger partial charge on any atom is 0.251 e. The molecule has 0 aliphatic rings. The number of rotatable bonds is 5. The Morgan fingerprint density at radius 3 is 2.44 bits per heavy atom. The molecule has 0 aliphatic heterocycles. The number of carbonyl (C=O) groups excluding carboxylic acids is 1. The molecule has 0 fully saturated rings. The number of amides is 1. The van der Waals surface area contributed by atoms with E-state index in [2.05, 4.69) is 5.32 Å². The topological polar surface area (TPSA) is 69.6 Å². The van der Waals surface area contributed by atoms with Gasteiger partial charge in [-0.3, -0.25) is 4.79 Å². The summed E-state index contributed by atoms with van der Waals surface area (Å²) >= 11 is 0. The largest absolute Gasteiger partial charge is 0.508 e. The summed E-state index contributed by atoms with van der Waals surface area (Å²) in [6, 6.07) is 4.78. The van der Waals surface area contributed by atoms with Crippen LogP contribution in [0.3, 0.4) is 0 Å². The quantitative estimate of drug-likeness (QED) is 0.749. The van der Waals surface area contributed by atoms with Crippen molar-refractivity contribution in [3.63, 3.8) is 0 Å². The molecule has 0 radical (unpaired) electrons. The van der Waals surface area contributed by atoms with Gasteiger partial charge in [-0.25, -0.2) is 0 Å². The lowest BCUT2D eigenvalue weighted by molar-refractivity contribution is 0.0314. The fourth-order valence-electron chi connectivity index (χ4n) is 1.60. The van der Waals surface area contributed by atoms with E-state index in [4.69, 9.17) is 0 Å². The van der Waals surface area contributed by atoms with Crippen LogP contribution in [0.25, 0.3) is 0 Å². The molecular weight excluding hydrogens is 230 g/mol. The zero-order valence-corrected chi connectivity index (χ0v) is 11.2. The fraction of sp³-hybridized carbons (Fsp3) is 0.500. The van der Waals surface area contributed by atoms with Gasteiger partial charge in [0.25, 0.3) is 5.91 Å². The van der Waals surface area contributed by atoms with Gasteiger partial charge in [-0.1, -0.05) is 19.9 Å². The molecule has 0 aliphatic carbocycles. The highest BCUT2D eigenvalue weighted by Crippen LogP contribution is 2.18. The number of carbonyl (C=O) groups is 1. The molecule has 0 atom stereocenters. The Morgan fingerprint density at radius 2 is 1.94 bits per heavy atom. The Kier molecular flexibility index (Phi) is 4.73. The minimum Gasteiger partial charge on any atom is -0.508 e. The first-order valence-corrected chi connectivity index (χ1v) is 6.22. The maximum absolute atomic E-state index is 11.9. The van der Waals surface area contributed by atoms with Crippen LogP contribution in [0.5, 0.6) is 5.75 Å². The van der Waals surface area contributed by atoms with E-state index in [0.717, 1.165) is 5.56 Å². The van der Waals surface area contributed by atoms with Crippen LogP contribution < -0.4 is 5.32 Å². The summed E-state index contributed by atoms with van der Waals surface area (Å²) in [5.41, 5.74) is 0.264. The molecule has 18 heavy (non-hydrogen) atoms. The summed E-state index contributed by atoms with van der Waals surface area (Å²) in [7, 11) is 0. The monoisotopic (exact) mass is 251 g/mol. The van der Waals surface area contributed by atoms with Crippen molar-refractivity contribution < 1.29 is 15.0 Å². The van der Waals surface area contributed by atoms with Gasteiger partial charge in [0.2, 0.25) is 0 Å². The lowest BCUT2D eigenvalue weighted by Gasteiger charge is -2.25. The third-order valence-electron chi connectivity index (χ3n) is 3.37. The number of hydrogen-bond acceptors (Lipinski definition) is 3. The number of benzene rings is 1. The number of nitrogens with one attached hydrogen (secondary N) is 1. The van der Waals surface area contributed by atoms with E-state index in [-0.39, 0.29) is 18.2 Å². The second kappa shape index (κ2) is 5.87. The van der Waals surface area contributed by atoms with E-state index < -0.39 is 5.60 Å². The Hall–Kier alpha value is -1.55. The highest BCUT2D eigenvalue weighted by Gasteiger charge is 2.23. The zero-order valence-electron chi connectivity index (χ0n) is 11.2. The van der Waals surface area contributed by atoms with Crippen LogP contribution in [0.2, 0.25) is 0 Å². The van der Waals surface area contributed by atoms with Crippen molar-refractivity contribution >= 4 is 5.91 Å². The molecule has 0 unspecified atom stereocenters. The van der Waals surface area contributed by atoms with Crippen molar-refractivity contribution in [2.75, 3.05) is 6.54 Å². The first kappa shape index (κ1) is 14.5. The molecule has 0 saturated carbocycles. The molecule has 0 bridgehead atoms. The third-order valence-corrected chi connectivity index (χ3v) is 3.37. The van der Waals surface area contributed by atoms with E-state index in [9.17, 15) is 15.0 Å². The van der Waals surface area contributed by atoms with E-state index in [1.54, 1.807) is 19.1 Å². The molecule has 0 aromatic heterocycles. The molecule has 100 valence electrons. The van der Waals surface area contributed by atoms with Gasteiger partial charge in [0.05, 0.1) is 5.60 Å². The number of phenols is 1. The van der Waals surface area contributed by atoms with Crippen LogP contribution in [0.15, 0.2) is 18.2 Å². The van der Waals surface area contributed by atoms with Crippen molar-refractivity contribution in [3.8, 4) is 5.75 Å². The summed E-state index contributed by atoms with van der Waals surface area (Å²) < 4.78 is 0. The van der Waals surface area contributed by atoms with E-state index >= 15 is 0 Å². The molecule has 0 spiro atoms. The molecular formula is C14H21NO3. The summed E-state index contributed by atoms with van der Waals surface area (Å²) in [4.78, 5) is 11.9. The molecule has 4 heteroatoms. The standard InChI is InChI=1S/C14H21NO3/c1-4-14(18,5-2)9-15-13(17)11-7-6-10(3)12(16)8-11/h6-8,16,18H,4-5,9H2,1-3H3,(H,15,17). The maximum atomic E-state index is 11.9. The lowest BCUT2D eigenvalue weighted by Crippen LogP contribution is -2.42.